The Labute approximate surface area is 121 Å². The van der Waals surface area contributed by atoms with Crippen LogP contribution in [0.4, 0.5) is 0 Å². The second-order valence-electron chi connectivity index (χ2n) is 4.51. The van der Waals surface area contributed by atoms with Gasteiger partial charge < -0.3 is 0 Å². The Balaban J connectivity index is 2.41. The summed E-state index contributed by atoms with van der Waals surface area (Å²) in [6, 6.07) is 6.08. The highest BCUT2D eigenvalue weighted by Crippen LogP contribution is 2.28. The fourth-order valence-electron chi connectivity index (χ4n) is 2.08. The van der Waals surface area contributed by atoms with E-state index < -0.39 is 0 Å². The van der Waals surface area contributed by atoms with Gasteiger partial charge in [-0.25, -0.2) is 10.1 Å². The smallest absolute Gasteiger partial charge is 0.0905 e. The van der Waals surface area contributed by atoms with E-state index in [4.69, 9.17) is 5.84 Å². The highest BCUT2D eigenvalue weighted by molar-refractivity contribution is 9.10. The highest BCUT2D eigenvalue weighted by Gasteiger charge is 2.19. The van der Waals surface area contributed by atoms with Gasteiger partial charge in [-0.2, -0.15) is 0 Å². The summed E-state index contributed by atoms with van der Waals surface area (Å²) in [5.41, 5.74) is 6.09. The minimum Gasteiger partial charge on any atom is -0.271 e. The number of hydrazine groups is 1. The number of hydrogen-bond donors (Lipinski definition) is 2. The molecule has 1 unspecified atom stereocenters. The fourth-order valence-corrected chi connectivity index (χ4v) is 2.80. The number of benzene rings is 1. The van der Waals surface area contributed by atoms with Crippen LogP contribution in [0.5, 0.6) is 0 Å². The van der Waals surface area contributed by atoms with Gasteiger partial charge in [0.2, 0.25) is 0 Å². The number of aromatic nitrogens is 3. The second-order valence-corrected chi connectivity index (χ2v) is 5.36. The molecule has 0 aliphatic carbocycles. The third-order valence-electron chi connectivity index (χ3n) is 3.01. The highest BCUT2D eigenvalue weighted by atomic mass is 79.9. The minimum absolute atomic E-state index is 0.128. The number of nitrogens with one attached hydrogen (secondary N) is 1. The van der Waals surface area contributed by atoms with Crippen LogP contribution in [0, 0.1) is 6.92 Å². The zero-order valence-corrected chi connectivity index (χ0v) is 12.7. The third-order valence-corrected chi connectivity index (χ3v) is 3.70. The normalized spacial score (nSPS) is 12.6. The molecule has 0 aliphatic heterocycles. The Kier molecular flexibility index (Phi) is 4.68. The number of aryl methyl sites for hydroxylation is 2. The monoisotopic (exact) mass is 323 g/mol. The van der Waals surface area contributed by atoms with E-state index >= 15 is 0 Å². The molecule has 2 rings (SSSR count). The lowest BCUT2D eigenvalue weighted by Crippen LogP contribution is -2.31. The first kappa shape index (κ1) is 14.2. The lowest BCUT2D eigenvalue weighted by molar-refractivity contribution is 0.511. The van der Waals surface area contributed by atoms with Crippen molar-refractivity contribution >= 4 is 15.9 Å². The van der Waals surface area contributed by atoms with E-state index in [0.29, 0.717) is 0 Å². The molecule has 1 aromatic carbocycles. The molecule has 0 saturated heterocycles. The molecule has 5 nitrogen and oxygen atoms in total. The largest absolute Gasteiger partial charge is 0.271 e. The third kappa shape index (κ3) is 3.02. The Bertz CT molecular complexity index is 552. The van der Waals surface area contributed by atoms with Crippen molar-refractivity contribution < 1.29 is 0 Å². The SMILES string of the molecule is CCCn1nncc1C(NN)c1ccc(C)cc1Br. The predicted molar refractivity (Wildman–Crippen MR) is 78.4 cm³/mol. The molecule has 0 radical (unpaired) electrons. The van der Waals surface area contributed by atoms with Gasteiger partial charge >= 0.3 is 0 Å². The van der Waals surface area contributed by atoms with Crippen LogP contribution in [0.15, 0.2) is 28.9 Å². The van der Waals surface area contributed by atoms with Crippen LogP contribution >= 0.6 is 15.9 Å². The van der Waals surface area contributed by atoms with Crippen LogP contribution in [-0.4, -0.2) is 15.0 Å². The molecule has 1 atom stereocenters. The molecule has 0 fully saturated rings. The first-order chi connectivity index (χ1) is 9.17. The van der Waals surface area contributed by atoms with Gasteiger partial charge in [0.1, 0.15) is 0 Å². The molecule has 2 aromatic rings. The van der Waals surface area contributed by atoms with Crippen molar-refractivity contribution in [3.05, 3.63) is 45.7 Å². The Morgan fingerprint density at radius 2 is 2.26 bits per heavy atom. The first-order valence-corrected chi connectivity index (χ1v) is 7.07. The van der Waals surface area contributed by atoms with Gasteiger partial charge in [-0.05, 0) is 30.5 Å². The van der Waals surface area contributed by atoms with Crippen LogP contribution in [0.2, 0.25) is 0 Å². The molecule has 0 bridgehead atoms. The molecule has 1 heterocycles. The number of nitrogens with zero attached hydrogens (tertiary/aromatic N) is 3. The number of hydrogen-bond acceptors (Lipinski definition) is 4. The van der Waals surface area contributed by atoms with E-state index in [0.717, 1.165) is 28.7 Å². The van der Waals surface area contributed by atoms with E-state index in [9.17, 15) is 0 Å². The van der Waals surface area contributed by atoms with Gasteiger partial charge in [-0.3, -0.25) is 5.84 Å². The standard InChI is InChI=1S/C13H18BrN5/c1-3-6-19-12(8-16-18-19)13(17-15)10-5-4-9(2)7-11(10)14/h4-5,7-8,13,17H,3,6,15H2,1-2H3. The van der Waals surface area contributed by atoms with Crippen molar-refractivity contribution in [3.8, 4) is 0 Å². The van der Waals surface area contributed by atoms with Crippen LogP contribution in [0.1, 0.15) is 36.2 Å². The van der Waals surface area contributed by atoms with Crippen molar-refractivity contribution in [1.29, 1.82) is 0 Å². The maximum absolute atomic E-state index is 5.73. The van der Waals surface area contributed by atoms with Gasteiger partial charge in [0, 0.05) is 11.0 Å². The molecule has 0 amide bonds. The van der Waals surface area contributed by atoms with E-state index in [1.54, 1.807) is 6.20 Å². The molecule has 19 heavy (non-hydrogen) atoms. The minimum atomic E-state index is -0.128. The topological polar surface area (TPSA) is 68.8 Å². The zero-order chi connectivity index (χ0) is 13.8. The quantitative estimate of drug-likeness (QED) is 0.654. The maximum Gasteiger partial charge on any atom is 0.0905 e. The number of nitrogens with two attached hydrogens (primary N) is 1. The molecule has 0 aliphatic rings. The second kappa shape index (κ2) is 6.27. The van der Waals surface area contributed by atoms with Crippen LogP contribution in [-0.2, 0) is 6.54 Å². The number of rotatable bonds is 5. The van der Waals surface area contributed by atoms with Crippen molar-refractivity contribution in [2.75, 3.05) is 0 Å². The molecule has 6 heteroatoms. The Hall–Kier alpha value is -1.24. The van der Waals surface area contributed by atoms with E-state index in [1.165, 1.54) is 5.56 Å². The van der Waals surface area contributed by atoms with E-state index in [2.05, 4.69) is 63.7 Å². The molecule has 0 spiro atoms. The molecule has 1 aromatic heterocycles. The van der Waals surface area contributed by atoms with Crippen molar-refractivity contribution in [3.63, 3.8) is 0 Å². The number of halogens is 1. The summed E-state index contributed by atoms with van der Waals surface area (Å²) >= 11 is 3.59. The fraction of sp³-hybridized carbons (Fsp3) is 0.385. The van der Waals surface area contributed by atoms with Gasteiger partial charge in [0.25, 0.3) is 0 Å². The molecular formula is C13H18BrN5. The van der Waals surface area contributed by atoms with Crippen molar-refractivity contribution in [2.45, 2.75) is 32.9 Å². The molecular weight excluding hydrogens is 306 g/mol. The first-order valence-electron chi connectivity index (χ1n) is 6.28. The molecule has 3 N–H and O–H groups in total. The summed E-state index contributed by atoms with van der Waals surface area (Å²) in [5, 5.41) is 8.09. The summed E-state index contributed by atoms with van der Waals surface area (Å²) in [6.07, 6.45) is 2.76. The lowest BCUT2D eigenvalue weighted by atomic mass is 10.0. The summed E-state index contributed by atoms with van der Waals surface area (Å²) < 4.78 is 2.91. The summed E-state index contributed by atoms with van der Waals surface area (Å²) in [6.45, 7) is 5.00. The predicted octanol–water partition coefficient (Wildman–Crippen LogP) is 2.31. The van der Waals surface area contributed by atoms with Gasteiger partial charge in [-0.15, -0.1) is 5.10 Å². The Morgan fingerprint density at radius 1 is 1.47 bits per heavy atom. The average molecular weight is 324 g/mol. The molecule has 0 saturated carbocycles. The maximum atomic E-state index is 5.73. The van der Waals surface area contributed by atoms with Crippen LogP contribution < -0.4 is 11.3 Å². The van der Waals surface area contributed by atoms with Crippen molar-refractivity contribution in [1.82, 2.24) is 20.4 Å². The van der Waals surface area contributed by atoms with Crippen LogP contribution in [0.3, 0.4) is 0 Å². The summed E-state index contributed by atoms with van der Waals surface area (Å²) in [7, 11) is 0. The van der Waals surface area contributed by atoms with Gasteiger partial charge in [0.15, 0.2) is 0 Å². The zero-order valence-electron chi connectivity index (χ0n) is 11.1. The Morgan fingerprint density at radius 3 is 2.89 bits per heavy atom. The lowest BCUT2D eigenvalue weighted by Gasteiger charge is -2.19. The van der Waals surface area contributed by atoms with Crippen LogP contribution in [0.25, 0.3) is 0 Å². The van der Waals surface area contributed by atoms with Gasteiger partial charge in [0.05, 0.1) is 17.9 Å². The molecule has 102 valence electrons. The van der Waals surface area contributed by atoms with E-state index in [1.807, 2.05) is 4.68 Å². The van der Waals surface area contributed by atoms with Gasteiger partial charge in [-0.1, -0.05) is 40.2 Å². The van der Waals surface area contributed by atoms with E-state index in [-0.39, 0.29) is 6.04 Å². The average Bonchev–Trinajstić information content (AvgIpc) is 2.82. The summed E-state index contributed by atoms with van der Waals surface area (Å²) in [5.74, 6) is 5.73. The van der Waals surface area contributed by atoms with Crippen molar-refractivity contribution in [2.24, 2.45) is 5.84 Å². The summed E-state index contributed by atoms with van der Waals surface area (Å²) in [4.78, 5) is 0.